The second-order valence-electron chi connectivity index (χ2n) is 6.53. The Hall–Kier alpha value is -2.43. The molecule has 1 N–H and O–H groups in total. The van der Waals surface area contributed by atoms with Crippen molar-refractivity contribution in [3.63, 3.8) is 0 Å². The number of carbonyl (C=O) groups excluding carboxylic acids is 3. The van der Waals surface area contributed by atoms with Crippen molar-refractivity contribution in [3.05, 3.63) is 35.4 Å². The van der Waals surface area contributed by atoms with E-state index in [9.17, 15) is 14.4 Å². The first-order valence-electron chi connectivity index (χ1n) is 9.76. The average Bonchev–Trinajstić information content (AvgIpc) is 2.74. The molecule has 0 saturated carbocycles. The van der Waals surface area contributed by atoms with Crippen LogP contribution in [0.3, 0.4) is 0 Å². The zero-order valence-electron chi connectivity index (χ0n) is 18.0. The predicted molar refractivity (Wildman–Crippen MR) is 111 cm³/mol. The number of benzene rings is 1. The van der Waals surface area contributed by atoms with E-state index in [0.717, 1.165) is 6.04 Å². The van der Waals surface area contributed by atoms with Gasteiger partial charge in [0.25, 0.3) is 0 Å². The van der Waals surface area contributed by atoms with Gasteiger partial charge >= 0.3 is 26.6 Å². The average molecular weight is 442 g/mol. The van der Waals surface area contributed by atoms with Crippen molar-refractivity contribution in [2.45, 2.75) is 32.4 Å². The summed E-state index contributed by atoms with van der Waals surface area (Å²) in [6, 6.07) is 7.34. The van der Waals surface area contributed by atoms with E-state index >= 15 is 0 Å². The van der Waals surface area contributed by atoms with Gasteiger partial charge in [0.2, 0.25) is 0 Å². The highest BCUT2D eigenvalue weighted by atomic mass is 28.4. The fraction of sp³-hybridized carbons (Fsp3) is 0.550. The van der Waals surface area contributed by atoms with Crippen LogP contribution in [-0.4, -0.2) is 67.2 Å². The Balaban J connectivity index is 2.22. The van der Waals surface area contributed by atoms with Crippen LogP contribution in [0.2, 0.25) is 12.6 Å². The first kappa shape index (κ1) is 25.6. The number of ether oxygens (including phenoxy) is 3. The largest absolute Gasteiger partial charge is 0.462 e. The number of hydrogen-bond acceptors (Lipinski definition) is 8. The maximum absolute atomic E-state index is 11.9. The van der Waals surface area contributed by atoms with E-state index in [1.54, 1.807) is 45.4 Å². The van der Waals surface area contributed by atoms with Crippen LogP contribution in [0.4, 0.5) is 4.79 Å². The topological polar surface area (TPSA) is 109 Å². The Morgan fingerprint density at radius 1 is 1.03 bits per heavy atom. The van der Waals surface area contributed by atoms with Gasteiger partial charge in [-0.15, -0.1) is 0 Å². The molecule has 0 aliphatic carbocycles. The molecule has 1 rings (SSSR count). The molecular weight excluding hydrogens is 410 g/mol. The fourth-order valence-electron chi connectivity index (χ4n) is 2.47. The molecule has 0 heterocycles. The Morgan fingerprint density at radius 2 is 1.73 bits per heavy atom. The van der Waals surface area contributed by atoms with E-state index < -0.39 is 26.6 Å². The van der Waals surface area contributed by atoms with Crippen molar-refractivity contribution in [1.82, 2.24) is 5.32 Å². The van der Waals surface area contributed by atoms with Crippen molar-refractivity contribution < 1.29 is 37.4 Å². The van der Waals surface area contributed by atoms with Crippen LogP contribution in [0, 0.1) is 0 Å². The van der Waals surface area contributed by atoms with E-state index in [-0.39, 0.29) is 26.2 Å². The Kier molecular flexibility index (Phi) is 11.7. The highest BCUT2D eigenvalue weighted by Gasteiger charge is 2.27. The monoisotopic (exact) mass is 441 g/mol. The maximum Gasteiger partial charge on any atom is 0.407 e. The van der Waals surface area contributed by atoms with Gasteiger partial charge in [0.05, 0.1) is 18.6 Å². The van der Waals surface area contributed by atoms with Crippen molar-refractivity contribution in [3.8, 4) is 0 Å². The third-order valence-corrected chi connectivity index (χ3v) is 7.30. The van der Waals surface area contributed by atoms with Crippen LogP contribution < -0.4 is 5.32 Å². The number of amides is 1. The number of nitrogens with one attached hydrogen (secondary N) is 1. The molecule has 0 aromatic heterocycles. The van der Waals surface area contributed by atoms with Crippen LogP contribution in [-0.2, 0) is 34.3 Å². The van der Waals surface area contributed by atoms with E-state index in [1.807, 2.05) is 6.55 Å². The minimum absolute atomic E-state index is 0.00109. The first-order valence-corrected chi connectivity index (χ1v) is 12.3. The highest BCUT2D eigenvalue weighted by Crippen LogP contribution is 2.13. The van der Waals surface area contributed by atoms with E-state index in [0.29, 0.717) is 24.1 Å². The van der Waals surface area contributed by atoms with Crippen LogP contribution >= 0.6 is 0 Å². The lowest BCUT2D eigenvalue weighted by Gasteiger charge is -2.22. The molecule has 0 aliphatic rings. The van der Waals surface area contributed by atoms with Crippen molar-refractivity contribution in [2.75, 3.05) is 40.6 Å². The molecule has 0 fully saturated rings. The molecule has 0 unspecified atom stereocenters. The number of carbonyl (C=O) groups is 3. The van der Waals surface area contributed by atoms with E-state index in [2.05, 4.69) is 5.32 Å². The molecule has 10 heteroatoms. The second kappa shape index (κ2) is 13.7. The minimum atomic E-state index is -2.13. The number of alkyl carbamates (subject to hydrolysis) is 1. The summed E-state index contributed by atoms with van der Waals surface area (Å²) in [5.41, 5.74) is 1.01. The molecule has 0 saturated heterocycles. The summed E-state index contributed by atoms with van der Waals surface area (Å²) < 4.78 is 25.7. The lowest BCUT2D eigenvalue weighted by molar-refractivity contribution is -0.143. The summed E-state index contributed by atoms with van der Waals surface area (Å²) in [5, 5.41) is 2.62. The molecule has 9 nitrogen and oxygen atoms in total. The summed E-state index contributed by atoms with van der Waals surface area (Å²) in [5.74, 6) is -0.924. The maximum atomic E-state index is 11.9. The molecule has 168 valence electrons. The molecule has 0 bridgehead atoms. The predicted octanol–water partition coefficient (Wildman–Crippen LogP) is 2.43. The van der Waals surface area contributed by atoms with E-state index in [4.69, 9.17) is 23.1 Å². The first-order chi connectivity index (χ1) is 14.3. The molecule has 1 amide bonds. The van der Waals surface area contributed by atoms with Crippen LogP contribution in [0.25, 0.3) is 0 Å². The quantitative estimate of drug-likeness (QED) is 0.215. The molecule has 1 aromatic carbocycles. The summed E-state index contributed by atoms with van der Waals surface area (Å²) >= 11 is 0. The summed E-state index contributed by atoms with van der Waals surface area (Å²) in [4.78, 5) is 35.3. The van der Waals surface area contributed by atoms with Crippen LogP contribution in [0.5, 0.6) is 0 Å². The third-order valence-electron chi connectivity index (χ3n) is 4.31. The Bertz CT molecular complexity index is 693. The highest BCUT2D eigenvalue weighted by molar-refractivity contribution is 6.65. The van der Waals surface area contributed by atoms with Crippen molar-refractivity contribution in [2.24, 2.45) is 0 Å². The smallest absolute Gasteiger partial charge is 0.407 e. The van der Waals surface area contributed by atoms with Gasteiger partial charge in [-0.25, -0.2) is 9.59 Å². The minimum Gasteiger partial charge on any atom is -0.462 e. The number of hydrogen-bond donors (Lipinski definition) is 1. The lowest BCUT2D eigenvalue weighted by Crippen LogP contribution is -2.37. The molecule has 0 aliphatic heterocycles. The molecule has 0 atom stereocenters. The van der Waals surface area contributed by atoms with Gasteiger partial charge < -0.3 is 28.4 Å². The second-order valence-corrected chi connectivity index (χ2v) is 10.1. The fourth-order valence-corrected chi connectivity index (χ4v) is 3.86. The van der Waals surface area contributed by atoms with Crippen molar-refractivity contribution in [1.29, 1.82) is 0 Å². The van der Waals surface area contributed by atoms with Gasteiger partial charge in [0.15, 0.2) is 0 Å². The summed E-state index contributed by atoms with van der Waals surface area (Å²) in [7, 11) is 1.11. The van der Waals surface area contributed by atoms with Gasteiger partial charge in [-0.3, -0.25) is 4.79 Å². The van der Waals surface area contributed by atoms with Crippen LogP contribution in [0.15, 0.2) is 24.3 Å². The molecule has 30 heavy (non-hydrogen) atoms. The summed E-state index contributed by atoms with van der Waals surface area (Å²) in [6.07, 6.45) is 0.131. The standard InChI is InChI=1S/C20H31NO8Si/c1-5-27-19(23)17-9-6-8-16(14-17)15-18(22)28-11-12-29-20(24)21-10-7-13-30(4,25-2)26-3/h6,8-9,14H,5,7,10-13,15H2,1-4H3,(H,21,24). The summed E-state index contributed by atoms with van der Waals surface area (Å²) in [6.45, 7) is 4.28. The number of rotatable bonds is 13. The van der Waals surface area contributed by atoms with Gasteiger partial charge in [-0.05, 0) is 43.6 Å². The Labute approximate surface area is 178 Å². The van der Waals surface area contributed by atoms with Gasteiger partial charge in [-0.2, -0.15) is 0 Å². The van der Waals surface area contributed by atoms with Gasteiger partial charge in [-0.1, -0.05) is 12.1 Å². The van der Waals surface area contributed by atoms with Gasteiger partial charge in [0, 0.05) is 20.8 Å². The van der Waals surface area contributed by atoms with Crippen LogP contribution in [0.1, 0.15) is 29.3 Å². The SMILES string of the molecule is CCOC(=O)c1cccc(CC(=O)OCCOC(=O)NCCC[Si](C)(OC)OC)c1. The van der Waals surface area contributed by atoms with E-state index in [1.165, 1.54) is 0 Å². The molecular formula is C20H31NO8Si. The normalized spacial score (nSPS) is 10.9. The van der Waals surface area contributed by atoms with Gasteiger partial charge in [0.1, 0.15) is 13.2 Å². The zero-order chi connectivity index (χ0) is 22.4. The Morgan fingerprint density at radius 3 is 2.40 bits per heavy atom. The zero-order valence-corrected chi connectivity index (χ0v) is 19.0. The van der Waals surface area contributed by atoms with Crippen molar-refractivity contribution >= 4 is 26.6 Å². The number of esters is 2. The molecule has 0 radical (unpaired) electrons. The molecule has 1 aromatic rings. The molecule has 0 spiro atoms. The lowest BCUT2D eigenvalue weighted by atomic mass is 10.1. The third kappa shape index (κ3) is 9.86.